The molecule has 3 N–H and O–H groups in total. The summed E-state index contributed by atoms with van der Waals surface area (Å²) in [5.74, 6) is 0.329. The first kappa shape index (κ1) is 12.7. The van der Waals surface area contributed by atoms with E-state index in [0.717, 1.165) is 21.9 Å². The van der Waals surface area contributed by atoms with Gasteiger partial charge in [-0.3, -0.25) is 5.10 Å². The van der Waals surface area contributed by atoms with Crippen LogP contribution in [-0.2, 0) is 6.54 Å². The van der Waals surface area contributed by atoms with Gasteiger partial charge in [0.05, 0.1) is 6.20 Å². The first-order chi connectivity index (χ1) is 9.75. The number of phenolic OH excluding ortho intramolecular Hbond substituents is 1. The van der Waals surface area contributed by atoms with Gasteiger partial charge in [-0.1, -0.05) is 30.3 Å². The lowest BCUT2D eigenvalue weighted by Gasteiger charge is -2.14. The lowest BCUT2D eigenvalue weighted by molar-refractivity contribution is 0.462. The van der Waals surface area contributed by atoms with E-state index >= 15 is 0 Å². The molecule has 3 aromatic rings. The first-order valence-corrected chi connectivity index (χ1v) is 6.67. The minimum Gasteiger partial charge on any atom is -0.508 e. The molecule has 4 heteroatoms. The molecule has 4 nitrogen and oxygen atoms in total. The second-order valence-electron chi connectivity index (χ2n) is 4.92. The molecule has 1 aromatic heterocycles. The fraction of sp³-hybridized carbons (Fsp3) is 0.188. The van der Waals surface area contributed by atoms with Crippen LogP contribution in [0.25, 0.3) is 10.8 Å². The number of benzene rings is 2. The molecular formula is C16H17N3O. The van der Waals surface area contributed by atoms with E-state index in [4.69, 9.17) is 0 Å². The third kappa shape index (κ3) is 2.38. The lowest BCUT2D eigenvalue weighted by atomic mass is 10.0. The molecule has 0 fully saturated rings. The highest BCUT2D eigenvalue weighted by Crippen LogP contribution is 2.27. The number of hydrogen-bond donors (Lipinski definition) is 3. The monoisotopic (exact) mass is 267 g/mol. The van der Waals surface area contributed by atoms with E-state index < -0.39 is 0 Å². The highest BCUT2D eigenvalue weighted by molar-refractivity contribution is 5.87. The number of aromatic amines is 1. The smallest absolute Gasteiger partial charge is 0.120 e. The van der Waals surface area contributed by atoms with Crippen LogP contribution in [0.1, 0.15) is 24.1 Å². The van der Waals surface area contributed by atoms with Crippen molar-refractivity contribution in [3.8, 4) is 5.75 Å². The van der Waals surface area contributed by atoms with Crippen molar-refractivity contribution < 1.29 is 5.11 Å². The average molecular weight is 267 g/mol. The Kier molecular flexibility index (Phi) is 3.39. The first-order valence-electron chi connectivity index (χ1n) is 6.67. The maximum absolute atomic E-state index is 10.1. The molecule has 2 aromatic carbocycles. The van der Waals surface area contributed by atoms with Crippen molar-refractivity contribution in [1.82, 2.24) is 15.5 Å². The number of fused-ring (bicyclic) bond motifs is 1. The van der Waals surface area contributed by atoms with Gasteiger partial charge >= 0.3 is 0 Å². The van der Waals surface area contributed by atoms with Crippen molar-refractivity contribution in [2.45, 2.75) is 19.5 Å². The zero-order valence-corrected chi connectivity index (χ0v) is 11.3. The molecule has 102 valence electrons. The molecule has 1 heterocycles. The Morgan fingerprint density at radius 2 is 2.10 bits per heavy atom. The van der Waals surface area contributed by atoms with Gasteiger partial charge < -0.3 is 10.4 Å². The fourth-order valence-corrected chi connectivity index (χ4v) is 2.38. The molecule has 20 heavy (non-hydrogen) atoms. The summed E-state index contributed by atoms with van der Waals surface area (Å²) in [4.78, 5) is 0. The van der Waals surface area contributed by atoms with E-state index in [1.165, 1.54) is 0 Å². The quantitative estimate of drug-likeness (QED) is 0.680. The van der Waals surface area contributed by atoms with Crippen LogP contribution < -0.4 is 5.32 Å². The summed E-state index contributed by atoms with van der Waals surface area (Å²) in [5, 5.41) is 22.5. The maximum Gasteiger partial charge on any atom is 0.120 e. The Balaban J connectivity index is 1.85. The third-order valence-electron chi connectivity index (χ3n) is 3.62. The molecule has 0 radical (unpaired) electrons. The van der Waals surface area contributed by atoms with Gasteiger partial charge in [-0.25, -0.2) is 0 Å². The SMILES string of the molecule is CC(NCc1c(O)ccc2ccccc12)c1cn[nH]c1. The number of aromatic hydroxyl groups is 1. The number of H-pyrrole nitrogens is 1. The fourth-order valence-electron chi connectivity index (χ4n) is 2.38. The Morgan fingerprint density at radius 1 is 1.25 bits per heavy atom. The van der Waals surface area contributed by atoms with Crippen LogP contribution in [0.2, 0.25) is 0 Å². The van der Waals surface area contributed by atoms with Gasteiger partial charge in [0.2, 0.25) is 0 Å². The van der Waals surface area contributed by atoms with Crippen LogP contribution in [0.15, 0.2) is 48.8 Å². The number of aromatic nitrogens is 2. The van der Waals surface area contributed by atoms with Gasteiger partial charge in [-0.05, 0) is 23.8 Å². The van der Waals surface area contributed by atoms with Gasteiger partial charge in [-0.2, -0.15) is 5.10 Å². The minimum absolute atomic E-state index is 0.173. The predicted octanol–water partition coefficient (Wildman–Crippen LogP) is 3.12. The van der Waals surface area contributed by atoms with Crippen molar-refractivity contribution in [2.75, 3.05) is 0 Å². The van der Waals surface area contributed by atoms with E-state index in [-0.39, 0.29) is 6.04 Å². The van der Waals surface area contributed by atoms with Gasteiger partial charge in [0, 0.05) is 29.9 Å². The summed E-state index contributed by atoms with van der Waals surface area (Å²) in [7, 11) is 0. The highest BCUT2D eigenvalue weighted by atomic mass is 16.3. The van der Waals surface area contributed by atoms with Gasteiger partial charge in [0.1, 0.15) is 5.75 Å². The topological polar surface area (TPSA) is 60.9 Å². The normalized spacial score (nSPS) is 12.7. The maximum atomic E-state index is 10.1. The summed E-state index contributed by atoms with van der Waals surface area (Å²) in [6.45, 7) is 2.69. The molecule has 0 aliphatic heterocycles. The number of hydrogen-bond acceptors (Lipinski definition) is 3. The van der Waals surface area contributed by atoms with E-state index in [0.29, 0.717) is 12.3 Å². The molecule has 0 bridgehead atoms. The molecule has 0 saturated carbocycles. The molecule has 0 aliphatic carbocycles. The Bertz CT molecular complexity index is 707. The standard InChI is InChI=1S/C16H17N3O/c1-11(13-8-18-19-9-13)17-10-15-14-5-3-2-4-12(14)6-7-16(15)20/h2-9,11,17,20H,10H2,1H3,(H,18,19). The summed E-state index contributed by atoms with van der Waals surface area (Å²) in [6, 6.07) is 11.9. The summed E-state index contributed by atoms with van der Waals surface area (Å²) in [6.07, 6.45) is 3.68. The van der Waals surface area contributed by atoms with Gasteiger partial charge in [0.15, 0.2) is 0 Å². The van der Waals surface area contributed by atoms with E-state index in [9.17, 15) is 5.11 Å². The van der Waals surface area contributed by atoms with Crippen molar-refractivity contribution >= 4 is 10.8 Å². The van der Waals surface area contributed by atoms with Gasteiger partial charge in [0.25, 0.3) is 0 Å². The van der Waals surface area contributed by atoms with Crippen molar-refractivity contribution in [3.63, 3.8) is 0 Å². The highest BCUT2D eigenvalue weighted by Gasteiger charge is 2.10. The van der Waals surface area contributed by atoms with Crippen molar-refractivity contribution in [1.29, 1.82) is 0 Å². The minimum atomic E-state index is 0.173. The molecule has 1 atom stereocenters. The molecule has 1 unspecified atom stereocenters. The molecular weight excluding hydrogens is 250 g/mol. The molecule has 0 aliphatic rings. The summed E-state index contributed by atoms with van der Waals surface area (Å²) in [5.41, 5.74) is 2.03. The average Bonchev–Trinajstić information content (AvgIpc) is 3.00. The van der Waals surface area contributed by atoms with Crippen LogP contribution in [0.4, 0.5) is 0 Å². The van der Waals surface area contributed by atoms with Crippen LogP contribution in [0, 0.1) is 0 Å². The second-order valence-corrected chi connectivity index (χ2v) is 4.92. The van der Waals surface area contributed by atoms with Crippen LogP contribution >= 0.6 is 0 Å². The number of rotatable bonds is 4. The summed E-state index contributed by atoms with van der Waals surface area (Å²) >= 11 is 0. The van der Waals surface area contributed by atoms with Crippen molar-refractivity contribution in [2.24, 2.45) is 0 Å². The Hall–Kier alpha value is -2.33. The van der Waals surface area contributed by atoms with Gasteiger partial charge in [-0.15, -0.1) is 0 Å². The summed E-state index contributed by atoms with van der Waals surface area (Å²) < 4.78 is 0. The number of nitrogens with one attached hydrogen (secondary N) is 2. The zero-order chi connectivity index (χ0) is 13.9. The van der Waals surface area contributed by atoms with E-state index in [1.807, 2.05) is 30.5 Å². The van der Waals surface area contributed by atoms with Crippen LogP contribution in [0.3, 0.4) is 0 Å². The second kappa shape index (κ2) is 5.35. The van der Waals surface area contributed by atoms with E-state index in [1.54, 1.807) is 12.3 Å². The van der Waals surface area contributed by atoms with Crippen LogP contribution in [-0.4, -0.2) is 15.3 Å². The number of phenols is 1. The zero-order valence-electron chi connectivity index (χ0n) is 11.3. The Labute approximate surface area is 117 Å². The van der Waals surface area contributed by atoms with Crippen LogP contribution in [0.5, 0.6) is 5.75 Å². The largest absolute Gasteiger partial charge is 0.508 e. The Morgan fingerprint density at radius 3 is 2.90 bits per heavy atom. The number of nitrogens with zero attached hydrogens (tertiary/aromatic N) is 1. The third-order valence-corrected chi connectivity index (χ3v) is 3.62. The lowest BCUT2D eigenvalue weighted by Crippen LogP contribution is -2.17. The molecule has 3 rings (SSSR count). The van der Waals surface area contributed by atoms with E-state index in [2.05, 4.69) is 28.5 Å². The molecule has 0 amide bonds. The molecule has 0 spiro atoms. The predicted molar refractivity (Wildman–Crippen MR) is 79.5 cm³/mol. The molecule has 0 saturated heterocycles. The van der Waals surface area contributed by atoms with Crippen molar-refractivity contribution in [3.05, 3.63) is 59.9 Å².